The van der Waals surface area contributed by atoms with E-state index >= 15 is 0 Å². The van der Waals surface area contributed by atoms with E-state index in [4.69, 9.17) is 10.5 Å². The first-order valence-corrected chi connectivity index (χ1v) is 6.97. The van der Waals surface area contributed by atoms with Gasteiger partial charge in [-0.2, -0.15) is 0 Å². The largest absolute Gasteiger partial charge is 0.492 e. The van der Waals surface area contributed by atoms with E-state index in [-0.39, 0.29) is 0 Å². The summed E-state index contributed by atoms with van der Waals surface area (Å²) in [5, 5.41) is 3.26. The van der Waals surface area contributed by atoms with Crippen LogP contribution in [0, 0.1) is 0 Å². The van der Waals surface area contributed by atoms with E-state index in [1.165, 1.54) is 5.01 Å². The Bertz CT molecular complexity index is 508. The molecule has 1 aromatic carbocycles. The molecule has 1 heterocycles. The highest BCUT2D eigenvalue weighted by Crippen LogP contribution is 2.28. The molecule has 0 aliphatic carbocycles. The van der Waals surface area contributed by atoms with E-state index in [1.54, 1.807) is 11.3 Å². The fourth-order valence-electron chi connectivity index (χ4n) is 1.61. The molecular weight excluding hydrogens is 244 g/mol. The summed E-state index contributed by atoms with van der Waals surface area (Å²) in [5.74, 6) is 1.32. The first-order valence-electron chi connectivity index (χ1n) is 6.09. The van der Waals surface area contributed by atoms with Crippen molar-refractivity contribution in [3.05, 3.63) is 34.7 Å². The van der Waals surface area contributed by atoms with Crippen molar-refractivity contribution in [2.75, 3.05) is 13.2 Å². The summed E-state index contributed by atoms with van der Waals surface area (Å²) in [6.07, 6.45) is 0. The minimum absolute atomic E-state index is 0.473. The Morgan fingerprint density at radius 2 is 2.22 bits per heavy atom. The Kier molecular flexibility index (Phi) is 4.33. The van der Waals surface area contributed by atoms with Crippen LogP contribution in [-0.2, 0) is 0 Å². The zero-order valence-corrected chi connectivity index (χ0v) is 11.5. The van der Waals surface area contributed by atoms with Gasteiger partial charge in [0, 0.05) is 23.4 Å². The lowest BCUT2D eigenvalue weighted by atomic mass is 10.1. The van der Waals surface area contributed by atoms with E-state index in [9.17, 15) is 0 Å². The van der Waals surface area contributed by atoms with Crippen molar-refractivity contribution < 1.29 is 4.74 Å². The molecule has 18 heavy (non-hydrogen) atoms. The lowest BCUT2D eigenvalue weighted by Gasteiger charge is -2.05. The molecular formula is C14H18N2OS. The summed E-state index contributed by atoms with van der Waals surface area (Å²) in [6, 6.07) is 7.98. The first kappa shape index (κ1) is 13.1. The molecule has 2 aromatic rings. The number of hydrogen-bond donors (Lipinski definition) is 1. The third-order valence-electron chi connectivity index (χ3n) is 2.53. The molecule has 0 atom stereocenters. The molecule has 0 fully saturated rings. The van der Waals surface area contributed by atoms with E-state index in [2.05, 4.69) is 30.3 Å². The Hall–Kier alpha value is -1.39. The van der Waals surface area contributed by atoms with Gasteiger partial charge in [0.25, 0.3) is 0 Å². The van der Waals surface area contributed by atoms with Crippen LogP contribution in [0.4, 0.5) is 0 Å². The lowest BCUT2D eigenvalue weighted by molar-refractivity contribution is 0.328. The molecule has 2 N–H and O–H groups in total. The molecule has 0 aliphatic heterocycles. The minimum Gasteiger partial charge on any atom is -0.492 e. The van der Waals surface area contributed by atoms with Crippen molar-refractivity contribution in [2.45, 2.75) is 19.8 Å². The monoisotopic (exact) mass is 262 g/mol. The van der Waals surface area contributed by atoms with Crippen molar-refractivity contribution in [3.8, 4) is 17.0 Å². The van der Waals surface area contributed by atoms with E-state index in [0.29, 0.717) is 19.1 Å². The van der Waals surface area contributed by atoms with Gasteiger partial charge in [0.2, 0.25) is 0 Å². The number of hydrogen-bond acceptors (Lipinski definition) is 4. The molecule has 2 rings (SSSR count). The standard InChI is InChI=1S/C14H18N2OS/c1-10(2)14-16-13(9-18-14)11-4-3-5-12(8-11)17-7-6-15/h3-5,8-10H,6-7,15H2,1-2H3. The third kappa shape index (κ3) is 3.09. The van der Waals surface area contributed by atoms with E-state index < -0.39 is 0 Å². The maximum absolute atomic E-state index is 5.52. The zero-order valence-electron chi connectivity index (χ0n) is 10.7. The fraction of sp³-hybridized carbons (Fsp3) is 0.357. The van der Waals surface area contributed by atoms with Crippen LogP contribution >= 0.6 is 11.3 Å². The van der Waals surface area contributed by atoms with Crippen LogP contribution in [-0.4, -0.2) is 18.1 Å². The normalized spacial score (nSPS) is 10.9. The van der Waals surface area contributed by atoms with Crippen LogP contribution in [0.3, 0.4) is 0 Å². The quantitative estimate of drug-likeness (QED) is 0.899. The second kappa shape index (κ2) is 5.98. The molecule has 0 saturated heterocycles. The number of benzene rings is 1. The first-order chi connectivity index (χ1) is 8.70. The molecule has 0 bridgehead atoms. The number of thiazole rings is 1. The maximum Gasteiger partial charge on any atom is 0.120 e. The predicted molar refractivity (Wildman–Crippen MR) is 76.2 cm³/mol. The summed E-state index contributed by atoms with van der Waals surface area (Å²) in [5.41, 5.74) is 7.53. The summed E-state index contributed by atoms with van der Waals surface area (Å²) < 4.78 is 5.52. The second-order valence-corrected chi connectivity index (χ2v) is 5.28. The van der Waals surface area contributed by atoms with E-state index in [0.717, 1.165) is 17.0 Å². The second-order valence-electron chi connectivity index (χ2n) is 4.39. The molecule has 0 unspecified atom stereocenters. The number of aromatic nitrogens is 1. The van der Waals surface area contributed by atoms with Gasteiger partial charge in [-0.3, -0.25) is 0 Å². The molecule has 1 aromatic heterocycles. The average molecular weight is 262 g/mol. The number of rotatable bonds is 5. The highest BCUT2D eigenvalue weighted by Gasteiger charge is 2.08. The van der Waals surface area contributed by atoms with Crippen LogP contribution in [0.1, 0.15) is 24.8 Å². The molecule has 0 spiro atoms. The summed E-state index contributed by atoms with van der Waals surface area (Å²) in [7, 11) is 0. The van der Waals surface area contributed by atoms with Crippen LogP contribution in [0.5, 0.6) is 5.75 Å². The van der Waals surface area contributed by atoms with Gasteiger partial charge in [0.15, 0.2) is 0 Å². The van der Waals surface area contributed by atoms with Crippen LogP contribution in [0.25, 0.3) is 11.3 Å². The maximum atomic E-state index is 5.52. The zero-order chi connectivity index (χ0) is 13.0. The Morgan fingerprint density at radius 3 is 2.89 bits per heavy atom. The smallest absolute Gasteiger partial charge is 0.120 e. The van der Waals surface area contributed by atoms with Gasteiger partial charge in [-0.15, -0.1) is 11.3 Å². The summed E-state index contributed by atoms with van der Waals surface area (Å²) >= 11 is 1.70. The van der Waals surface area contributed by atoms with Crippen LogP contribution in [0.2, 0.25) is 0 Å². The molecule has 96 valence electrons. The Labute approximate surface area is 112 Å². The van der Waals surface area contributed by atoms with Gasteiger partial charge < -0.3 is 10.5 Å². The van der Waals surface area contributed by atoms with Gasteiger partial charge in [-0.05, 0) is 12.1 Å². The molecule has 3 nitrogen and oxygen atoms in total. The van der Waals surface area contributed by atoms with Gasteiger partial charge >= 0.3 is 0 Å². The van der Waals surface area contributed by atoms with Gasteiger partial charge in [0.1, 0.15) is 12.4 Å². The summed E-state index contributed by atoms with van der Waals surface area (Å²) in [4.78, 5) is 4.64. The number of ether oxygens (including phenoxy) is 1. The predicted octanol–water partition coefficient (Wildman–Crippen LogP) is 3.27. The van der Waals surface area contributed by atoms with Crippen molar-refractivity contribution in [3.63, 3.8) is 0 Å². The Morgan fingerprint density at radius 1 is 1.39 bits per heavy atom. The molecule has 0 amide bonds. The molecule has 0 radical (unpaired) electrons. The van der Waals surface area contributed by atoms with Crippen molar-refractivity contribution >= 4 is 11.3 Å². The van der Waals surface area contributed by atoms with Gasteiger partial charge in [-0.1, -0.05) is 26.0 Å². The number of nitrogens with two attached hydrogens (primary N) is 1. The number of nitrogens with zero attached hydrogens (tertiary/aromatic N) is 1. The fourth-order valence-corrected chi connectivity index (χ4v) is 2.45. The van der Waals surface area contributed by atoms with Crippen LogP contribution < -0.4 is 10.5 Å². The van der Waals surface area contributed by atoms with Crippen molar-refractivity contribution in [1.29, 1.82) is 0 Å². The third-order valence-corrected chi connectivity index (χ3v) is 3.68. The topological polar surface area (TPSA) is 48.1 Å². The van der Waals surface area contributed by atoms with Gasteiger partial charge in [-0.25, -0.2) is 4.98 Å². The minimum atomic E-state index is 0.473. The molecule has 4 heteroatoms. The van der Waals surface area contributed by atoms with Gasteiger partial charge in [0.05, 0.1) is 10.7 Å². The van der Waals surface area contributed by atoms with Crippen molar-refractivity contribution in [1.82, 2.24) is 4.98 Å². The molecule has 0 saturated carbocycles. The SMILES string of the molecule is CC(C)c1nc(-c2cccc(OCCN)c2)cs1. The van der Waals surface area contributed by atoms with Crippen molar-refractivity contribution in [2.24, 2.45) is 5.73 Å². The lowest BCUT2D eigenvalue weighted by Crippen LogP contribution is -2.10. The van der Waals surface area contributed by atoms with E-state index in [1.807, 2.05) is 18.2 Å². The van der Waals surface area contributed by atoms with Crippen LogP contribution in [0.15, 0.2) is 29.6 Å². The Balaban J connectivity index is 2.21. The highest BCUT2D eigenvalue weighted by atomic mass is 32.1. The molecule has 0 aliphatic rings. The average Bonchev–Trinajstić information content (AvgIpc) is 2.86. The highest BCUT2D eigenvalue weighted by molar-refractivity contribution is 7.10. The summed E-state index contributed by atoms with van der Waals surface area (Å²) in [6.45, 7) is 5.38.